The van der Waals surface area contributed by atoms with Crippen LogP contribution in [-0.2, 0) is 25.5 Å². The molecule has 2 aliphatic carbocycles. The molecule has 255 valence electrons. The van der Waals surface area contributed by atoms with E-state index in [1.54, 1.807) is 20.8 Å². The molecule has 1 unspecified atom stereocenters. The number of rotatable bonds is 5. The van der Waals surface area contributed by atoms with Crippen LogP contribution < -0.4 is 18.9 Å². The van der Waals surface area contributed by atoms with Gasteiger partial charge in [-0.25, -0.2) is 0 Å². The van der Waals surface area contributed by atoms with Gasteiger partial charge in [-0.15, -0.1) is 41.8 Å². The third-order valence-corrected chi connectivity index (χ3v) is 8.62. The molecule has 1 radical (unpaired) electrons. The fraction of sp³-hybridized carbons (Fsp3) is 0.104. The first-order valence-electron chi connectivity index (χ1n) is 16.3. The van der Waals surface area contributed by atoms with Gasteiger partial charge in [0.05, 0.1) is 0 Å². The van der Waals surface area contributed by atoms with E-state index < -0.39 is 5.41 Å². The summed E-state index contributed by atoms with van der Waals surface area (Å²) in [6.45, 7) is 5.12. The van der Waals surface area contributed by atoms with Gasteiger partial charge in [-0.05, 0) is 131 Å². The second-order valence-corrected chi connectivity index (χ2v) is 11.3. The van der Waals surface area contributed by atoms with Gasteiger partial charge in [-0.1, -0.05) is 36.0 Å². The number of ether oxygens (including phenoxy) is 4. The summed E-state index contributed by atoms with van der Waals surface area (Å²) in [6, 6.07) is 25.5. The topological polar surface area (TPSA) is 49.8 Å². The average molecular weight is 871 g/mol. The van der Waals surface area contributed by atoms with Crippen molar-refractivity contribution in [3.8, 4) is 141 Å². The van der Waals surface area contributed by atoms with Gasteiger partial charge < -0.3 is 23.9 Å². The molecule has 6 heteroatoms. The number of hydrogen-bond acceptors (Lipinski definition) is 5. The van der Waals surface area contributed by atoms with Crippen molar-refractivity contribution in [2.24, 2.45) is 0 Å². The SMILES string of the molecule is C#CC#CCOc1cc2c(cc1OC#CC#CC)-c1cc(OC#CC#CC)c(OC#CC#CC)cc1C21c2ccc[c-]c2-c2nccc3cccc1c23.[Ir]. The van der Waals surface area contributed by atoms with E-state index in [2.05, 4.69) is 120 Å². The molecule has 1 spiro atoms. The summed E-state index contributed by atoms with van der Waals surface area (Å²) in [5.74, 6) is 33.7. The molecule has 0 amide bonds. The Labute approximate surface area is 328 Å². The summed E-state index contributed by atoms with van der Waals surface area (Å²) in [5, 5.41) is 2.03. The first-order valence-corrected chi connectivity index (χ1v) is 16.3. The van der Waals surface area contributed by atoms with Crippen molar-refractivity contribution in [3.05, 3.63) is 101 Å². The minimum absolute atomic E-state index is 0. The van der Waals surface area contributed by atoms with Crippen molar-refractivity contribution in [3.63, 3.8) is 0 Å². The molecule has 0 fully saturated rings. The third-order valence-electron chi connectivity index (χ3n) is 8.62. The van der Waals surface area contributed by atoms with Crippen LogP contribution in [0.2, 0.25) is 0 Å². The molecule has 0 saturated heterocycles. The van der Waals surface area contributed by atoms with E-state index in [1.807, 2.05) is 48.7 Å². The summed E-state index contributed by atoms with van der Waals surface area (Å²) in [5.41, 5.74) is 6.21. The molecule has 5 aromatic rings. The standard InChI is InChI=1S/C48H24NO4.Ir/c1-5-9-15-26-50-42-30-36-37-31-43(51-27-16-10-6-2)45(53-29-18-12-8-4)33-41(37)48(40(36)32-44(42)52-28-17-11-7-3)38-22-14-13-21-35(38)47-46-34(24-25-49-47)20-19-23-39(46)48;/h3,13-14,19-20,22-25,30-33H,28H2,1-2,4H3;/q-1;. The Morgan fingerprint density at radius 2 is 1.26 bits per heavy atom. The number of terminal acetylenes is 1. The molecule has 54 heavy (non-hydrogen) atoms. The zero-order valence-corrected chi connectivity index (χ0v) is 31.5. The van der Waals surface area contributed by atoms with Gasteiger partial charge in [-0.2, -0.15) is 0 Å². The van der Waals surface area contributed by atoms with E-state index >= 15 is 0 Å². The monoisotopic (exact) mass is 871 g/mol. The van der Waals surface area contributed by atoms with Crippen molar-refractivity contribution >= 4 is 10.8 Å². The van der Waals surface area contributed by atoms with Crippen molar-refractivity contribution in [2.45, 2.75) is 26.2 Å². The minimum atomic E-state index is -0.930. The number of hydrogen-bond donors (Lipinski definition) is 0. The molecule has 4 aromatic carbocycles. The van der Waals surface area contributed by atoms with E-state index in [9.17, 15) is 0 Å². The molecule has 0 N–H and O–H groups in total. The Morgan fingerprint density at radius 1 is 0.667 bits per heavy atom. The zero-order valence-electron chi connectivity index (χ0n) is 29.1. The molecule has 7 rings (SSSR count). The summed E-state index contributed by atoms with van der Waals surface area (Å²) in [4.78, 5) is 4.89. The molecule has 1 aromatic heterocycles. The number of fused-ring (bicyclic) bond motifs is 9. The molecule has 0 bridgehead atoms. The van der Waals surface area contributed by atoms with E-state index in [-0.39, 0.29) is 26.7 Å². The summed E-state index contributed by atoms with van der Waals surface area (Å²) < 4.78 is 24.3. The second kappa shape index (κ2) is 16.3. The van der Waals surface area contributed by atoms with Crippen LogP contribution in [0.1, 0.15) is 43.0 Å². The second-order valence-electron chi connectivity index (χ2n) is 11.3. The zero-order chi connectivity index (χ0) is 36.6. The maximum Gasteiger partial charge on any atom is 0.184 e. The number of nitrogens with zero attached hydrogens (tertiary/aromatic N) is 1. The largest absolute Gasteiger partial charge is 0.477 e. The molecule has 1 atom stereocenters. The Hall–Kier alpha value is -7.38. The number of aromatic nitrogens is 1. The molecular weight excluding hydrogens is 847 g/mol. The van der Waals surface area contributed by atoms with Crippen LogP contribution in [0.3, 0.4) is 0 Å². The molecule has 5 nitrogen and oxygen atoms in total. The molecule has 0 saturated carbocycles. The first kappa shape index (κ1) is 36.4. The summed E-state index contributed by atoms with van der Waals surface area (Å²) in [6.07, 6.45) is 15.3. The van der Waals surface area contributed by atoms with Gasteiger partial charge in [0.2, 0.25) is 0 Å². The Bertz CT molecular complexity index is 2870. The molecule has 0 aliphatic heterocycles. The van der Waals surface area contributed by atoms with Crippen LogP contribution in [0, 0.1) is 102 Å². The quantitative estimate of drug-likeness (QED) is 0.133. The number of pyridine rings is 1. The van der Waals surface area contributed by atoms with Gasteiger partial charge in [0, 0.05) is 49.5 Å². The smallest absolute Gasteiger partial charge is 0.184 e. The summed E-state index contributed by atoms with van der Waals surface area (Å²) in [7, 11) is 0. The fourth-order valence-corrected chi connectivity index (χ4v) is 6.79. The van der Waals surface area contributed by atoms with Crippen molar-refractivity contribution < 1.29 is 39.1 Å². The molecular formula is C48H24IrNO4-. The third kappa shape index (κ3) is 6.35. The van der Waals surface area contributed by atoms with Crippen molar-refractivity contribution in [2.75, 3.05) is 6.61 Å². The van der Waals surface area contributed by atoms with Crippen LogP contribution in [0.4, 0.5) is 0 Å². The minimum Gasteiger partial charge on any atom is -0.477 e. The number of benzene rings is 4. The van der Waals surface area contributed by atoms with E-state index in [0.29, 0.717) is 23.0 Å². The van der Waals surface area contributed by atoms with E-state index in [1.165, 1.54) is 0 Å². The normalized spacial score (nSPS) is 12.4. The Kier molecular flexibility index (Phi) is 11.0. The maximum atomic E-state index is 6.25. The van der Waals surface area contributed by atoms with Crippen molar-refractivity contribution in [1.29, 1.82) is 0 Å². The predicted molar refractivity (Wildman–Crippen MR) is 205 cm³/mol. The molecule has 1 heterocycles. The molecule has 2 aliphatic rings. The van der Waals surface area contributed by atoms with Gasteiger partial charge in [0.25, 0.3) is 0 Å². The van der Waals surface area contributed by atoms with E-state index in [4.69, 9.17) is 30.4 Å². The first-order chi connectivity index (χ1) is 26.2. The Morgan fingerprint density at radius 3 is 1.89 bits per heavy atom. The predicted octanol–water partition coefficient (Wildman–Crippen LogP) is 7.48. The fourth-order valence-electron chi connectivity index (χ4n) is 6.79. The van der Waals surface area contributed by atoms with Gasteiger partial charge >= 0.3 is 0 Å². The average Bonchev–Trinajstić information content (AvgIpc) is 3.45. The van der Waals surface area contributed by atoms with Crippen LogP contribution in [0.5, 0.6) is 23.0 Å². The van der Waals surface area contributed by atoms with Gasteiger partial charge in [0.15, 0.2) is 23.0 Å². The van der Waals surface area contributed by atoms with Crippen LogP contribution in [-0.4, -0.2) is 11.6 Å². The van der Waals surface area contributed by atoms with Gasteiger partial charge in [-0.3, -0.25) is 0 Å². The Balaban J connectivity index is 0.00000497. The van der Waals surface area contributed by atoms with E-state index in [0.717, 1.165) is 55.4 Å². The van der Waals surface area contributed by atoms with Crippen LogP contribution in [0.25, 0.3) is 33.2 Å². The van der Waals surface area contributed by atoms with Crippen molar-refractivity contribution in [1.82, 2.24) is 4.98 Å². The van der Waals surface area contributed by atoms with Crippen LogP contribution in [0.15, 0.2) is 72.9 Å². The van der Waals surface area contributed by atoms with Gasteiger partial charge in [0.1, 0.15) is 24.9 Å². The van der Waals surface area contributed by atoms with Crippen LogP contribution >= 0.6 is 0 Å². The maximum absolute atomic E-state index is 6.25. The summed E-state index contributed by atoms with van der Waals surface area (Å²) >= 11 is 0.